The Kier molecular flexibility index (Phi) is 9.29. The molecular formula is C21H26Cl2N2O2. The van der Waals surface area contributed by atoms with Gasteiger partial charge in [-0.3, -0.25) is 4.79 Å². The molecular weight excluding hydrogens is 383 g/mol. The number of carbonyl (C=O) groups excluding carboxylic acids is 1. The minimum absolute atomic E-state index is 0.125. The molecule has 0 saturated carbocycles. The van der Waals surface area contributed by atoms with E-state index < -0.39 is 0 Å². The molecule has 0 aliphatic carbocycles. The molecule has 0 aromatic heterocycles. The number of rotatable bonds is 11. The van der Waals surface area contributed by atoms with Crippen LogP contribution in [0.1, 0.15) is 39.0 Å². The average molecular weight is 409 g/mol. The van der Waals surface area contributed by atoms with Crippen molar-refractivity contribution in [2.45, 2.75) is 39.0 Å². The fourth-order valence-corrected chi connectivity index (χ4v) is 2.89. The summed E-state index contributed by atoms with van der Waals surface area (Å²) in [5.74, 6) is 0.637. The van der Waals surface area contributed by atoms with Crippen LogP contribution in [0.5, 0.6) is 5.75 Å². The Bertz CT molecular complexity index is 721. The van der Waals surface area contributed by atoms with Gasteiger partial charge in [0.2, 0.25) is 5.91 Å². The van der Waals surface area contributed by atoms with Gasteiger partial charge in [-0.2, -0.15) is 0 Å². The monoisotopic (exact) mass is 408 g/mol. The Hall–Kier alpha value is -1.91. The molecule has 146 valence electrons. The van der Waals surface area contributed by atoms with Gasteiger partial charge in [0.25, 0.3) is 0 Å². The van der Waals surface area contributed by atoms with E-state index in [2.05, 4.69) is 17.6 Å². The minimum atomic E-state index is -0.202. The summed E-state index contributed by atoms with van der Waals surface area (Å²) in [6, 6.07) is 12.7. The lowest BCUT2D eigenvalue weighted by Crippen LogP contribution is -2.21. The van der Waals surface area contributed by atoms with Gasteiger partial charge < -0.3 is 15.4 Å². The van der Waals surface area contributed by atoms with Gasteiger partial charge >= 0.3 is 0 Å². The Labute approximate surface area is 171 Å². The first-order valence-corrected chi connectivity index (χ1v) is 10.1. The molecule has 0 unspecified atom stereocenters. The van der Waals surface area contributed by atoms with Crippen LogP contribution in [-0.2, 0) is 4.79 Å². The number of anilines is 2. The van der Waals surface area contributed by atoms with Crippen molar-refractivity contribution in [2.24, 2.45) is 0 Å². The largest absolute Gasteiger partial charge is 0.494 e. The van der Waals surface area contributed by atoms with Crippen LogP contribution in [0.2, 0.25) is 10.0 Å². The van der Waals surface area contributed by atoms with Crippen molar-refractivity contribution in [2.75, 3.05) is 23.8 Å². The second-order valence-electron chi connectivity index (χ2n) is 6.29. The molecule has 0 bridgehead atoms. The number of nitrogens with one attached hydrogen (secondary N) is 2. The van der Waals surface area contributed by atoms with E-state index in [4.69, 9.17) is 27.9 Å². The summed E-state index contributed by atoms with van der Waals surface area (Å²) in [5.41, 5.74) is 1.34. The molecule has 0 atom stereocenters. The molecule has 4 nitrogen and oxygen atoms in total. The van der Waals surface area contributed by atoms with Crippen LogP contribution >= 0.6 is 23.2 Å². The maximum absolute atomic E-state index is 12.1. The Morgan fingerprint density at radius 3 is 2.48 bits per heavy atom. The molecule has 0 fully saturated rings. The number of ether oxygens (including phenoxy) is 1. The molecule has 0 spiro atoms. The summed E-state index contributed by atoms with van der Waals surface area (Å²) in [6.45, 7) is 3.07. The maximum atomic E-state index is 12.1. The molecule has 0 aliphatic heterocycles. The predicted octanol–water partition coefficient (Wildman–Crippen LogP) is 6.39. The molecule has 0 aliphatic rings. The number of unbranched alkanes of at least 4 members (excludes halogenated alkanes) is 4. The van der Waals surface area contributed by atoms with Gasteiger partial charge in [0.05, 0.1) is 28.9 Å². The fraction of sp³-hybridized carbons (Fsp3) is 0.381. The van der Waals surface area contributed by atoms with E-state index in [1.54, 1.807) is 18.2 Å². The van der Waals surface area contributed by atoms with Crippen LogP contribution in [0.15, 0.2) is 42.5 Å². The van der Waals surface area contributed by atoms with E-state index in [0.717, 1.165) is 24.5 Å². The Balaban J connectivity index is 1.71. The molecule has 27 heavy (non-hydrogen) atoms. The number of carbonyl (C=O) groups is 1. The fourth-order valence-electron chi connectivity index (χ4n) is 2.54. The lowest BCUT2D eigenvalue weighted by Gasteiger charge is -2.11. The van der Waals surface area contributed by atoms with Crippen LogP contribution in [0.25, 0.3) is 0 Å². The highest BCUT2D eigenvalue weighted by molar-refractivity contribution is 6.44. The number of amides is 1. The van der Waals surface area contributed by atoms with Crippen molar-refractivity contribution >= 4 is 40.5 Å². The zero-order chi connectivity index (χ0) is 19.5. The average Bonchev–Trinajstić information content (AvgIpc) is 2.67. The topological polar surface area (TPSA) is 50.4 Å². The molecule has 2 rings (SSSR count). The van der Waals surface area contributed by atoms with Crippen molar-refractivity contribution in [1.82, 2.24) is 0 Å². The smallest absolute Gasteiger partial charge is 0.243 e. The van der Waals surface area contributed by atoms with Gasteiger partial charge in [-0.1, -0.05) is 61.9 Å². The second-order valence-corrected chi connectivity index (χ2v) is 7.08. The standard InChI is InChI=1S/C21H26Cl2N2O2/c1-2-3-4-5-6-14-27-17-12-10-16(11-13-17)24-15-20(26)25-19-9-7-8-18(22)21(19)23/h7-13,24H,2-6,14-15H2,1H3,(H,25,26). The lowest BCUT2D eigenvalue weighted by molar-refractivity contribution is -0.114. The summed E-state index contributed by atoms with van der Waals surface area (Å²) in [7, 11) is 0. The van der Waals surface area contributed by atoms with Gasteiger partial charge in [-0.15, -0.1) is 0 Å². The molecule has 2 N–H and O–H groups in total. The first-order valence-electron chi connectivity index (χ1n) is 9.30. The van der Waals surface area contributed by atoms with Gasteiger partial charge in [0.1, 0.15) is 5.75 Å². The molecule has 0 saturated heterocycles. The summed E-state index contributed by atoms with van der Waals surface area (Å²) >= 11 is 12.0. The molecule has 1 amide bonds. The number of halogens is 2. The van der Waals surface area contributed by atoms with Crippen molar-refractivity contribution in [3.05, 3.63) is 52.5 Å². The van der Waals surface area contributed by atoms with E-state index in [9.17, 15) is 4.79 Å². The highest BCUT2D eigenvalue weighted by atomic mass is 35.5. The van der Waals surface area contributed by atoms with Gasteiger partial charge in [0, 0.05) is 5.69 Å². The van der Waals surface area contributed by atoms with Crippen LogP contribution in [0.4, 0.5) is 11.4 Å². The summed E-state index contributed by atoms with van der Waals surface area (Å²) in [4.78, 5) is 12.1. The maximum Gasteiger partial charge on any atom is 0.243 e. The van der Waals surface area contributed by atoms with E-state index in [1.807, 2.05) is 24.3 Å². The third-order valence-electron chi connectivity index (χ3n) is 4.05. The van der Waals surface area contributed by atoms with Crippen LogP contribution in [-0.4, -0.2) is 19.1 Å². The molecule has 6 heteroatoms. The molecule has 2 aromatic carbocycles. The van der Waals surface area contributed by atoms with Crippen molar-refractivity contribution < 1.29 is 9.53 Å². The SMILES string of the molecule is CCCCCCCOc1ccc(NCC(=O)Nc2cccc(Cl)c2Cl)cc1. The Morgan fingerprint density at radius 2 is 1.74 bits per heavy atom. The van der Waals surface area contributed by atoms with E-state index >= 15 is 0 Å². The minimum Gasteiger partial charge on any atom is -0.494 e. The number of hydrogen-bond acceptors (Lipinski definition) is 3. The van der Waals surface area contributed by atoms with E-state index in [1.165, 1.54) is 25.7 Å². The second kappa shape index (κ2) is 11.7. The number of benzene rings is 2. The molecule has 0 radical (unpaired) electrons. The summed E-state index contributed by atoms with van der Waals surface area (Å²) in [5, 5.41) is 6.55. The zero-order valence-corrected chi connectivity index (χ0v) is 17.1. The number of hydrogen-bond donors (Lipinski definition) is 2. The van der Waals surface area contributed by atoms with Gasteiger partial charge in [-0.05, 0) is 42.8 Å². The molecule has 0 heterocycles. The first kappa shape index (κ1) is 21.4. The van der Waals surface area contributed by atoms with Crippen LogP contribution in [0, 0.1) is 0 Å². The molecule has 2 aromatic rings. The highest BCUT2D eigenvalue weighted by Gasteiger charge is 2.08. The van der Waals surface area contributed by atoms with Gasteiger partial charge in [0.15, 0.2) is 0 Å². The summed E-state index contributed by atoms with van der Waals surface area (Å²) in [6.07, 6.45) is 6.09. The quantitative estimate of drug-likeness (QED) is 0.423. The van der Waals surface area contributed by atoms with E-state index in [0.29, 0.717) is 15.7 Å². The van der Waals surface area contributed by atoms with Crippen molar-refractivity contribution in [3.63, 3.8) is 0 Å². The van der Waals surface area contributed by atoms with Crippen molar-refractivity contribution in [3.8, 4) is 5.75 Å². The third kappa shape index (κ3) is 7.69. The van der Waals surface area contributed by atoms with Crippen LogP contribution in [0.3, 0.4) is 0 Å². The zero-order valence-electron chi connectivity index (χ0n) is 15.6. The van der Waals surface area contributed by atoms with E-state index in [-0.39, 0.29) is 12.5 Å². The third-order valence-corrected chi connectivity index (χ3v) is 4.87. The van der Waals surface area contributed by atoms with Crippen molar-refractivity contribution in [1.29, 1.82) is 0 Å². The van der Waals surface area contributed by atoms with Crippen LogP contribution < -0.4 is 15.4 Å². The normalized spacial score (nSPS) is 10.5. The lowest BCUT2D eigenvalue weighted by atomic mass is 10.2. The summed E-state index contributed by atoms with van der Waals surface area (Å²) < 4.78 is 5.74. The predicted molar refractivity (Wildman–Crippen MR) is 114 cm³/mol. The van der Waals surface area contributed by atoms with Gasteiger partial charge in [-0.25, -0.2) is 0 Å². The first-order chi connectivity index (χ1) is 13.1. The Morgan fingerprint density at radius 1 is 1.00 bits per heavy atom. The highest BCUT2D eigenvalue weighted by Crippen LogP contribution is 2.29.